The van der Waals surface area contributed by atoms with Gasteiger partial charge in [0.2, 0.25) is 0 Å². The summed E-state index contributed by atoms with van der Waals surface area (Å²) in [7, 11) is 0. The average molecular weight is 339 g/mol. The molecule has 0 aliphatic carbocycles. The van der Waals surface area contributed by atoms with Crippen molar-refractivity contribution < 1.29 is 19.1 Å². The highest BCUT2D eigenvalue weighted by Crippen LogP contribution is 2.29. The van der Waals surface area contributed by atoms with Crippen molar-refractivity contribution in [2.24, 2.45) is 0 Å². The Morgan fingerprint density at radius 2 is 1.80 bits per heavy atom. The van der Waals surface area contributed by atoms with Crippen LogP contribution >= 0.6 is 0 Å². The predicted octanol–water partition coefficient (Wildman–Crippen LogP) is 3.78. The van der Waals surface area contributed by atoms with Crippen molar-refractivity contribution >= 4 is 11.9 Å². The summed E-state index contributed by atoms with van der Waals surface area (Å²) < 4.78 is 11.1. The third-order valence-corrected chi connectivity index (χ3v) is 3.68. The highest BCUT2D eigenvalue weighted by molar-refractivity contribution is 6.00. The molecule has 0 saturated heterocycles. The van der Waals surface area contributed by atoms with Crippen LogP contribution < -0.4 is 4.74 Å². The SMILES string of the molecule is CC(C)(C)OC(=O)CN1Cc2ccc(Oc3ccccc3)cc2C1=O. The van der Waals surface area contributed by atoms with Gasteiger partial charge in [-0.2, -0.15) is 0 Å². The van der Waals surface area contributed by atoms with E-state index < -0.39 is 11.6 Å². The van der Waals surface area contributed by atoms with Crippen LogP contribution in [-0.4, -0.2) is 28.9 Å². The third-order valence-electron chi connectivity index (χ3n) is 3.68. The summed E-state index contributed by atoms with van der Waals surface area (Å²) in [5, 5.41) is 0. The number of hydrogen-bond acceptors (Lipinski definition) is 4. The van der Waals surface area contributed by atoms with Crippen LogP contribution in [0.25, 0.3) is 0 Å². The molecule has 5 heteroatoms. The van der Waals surface area contributed by atoms with E-state index in [2.05, 4.69) is 0 Å². The van der Waals surface area contributed by atoms with E-state index >= 15 is 0 Å². The molecule has 0 spiro atoms. The summed E-state index contributed by atoms with van der Waals surface area (Å²) in [5.41, 5.74) is 0.884. The largest absolute Gasteiger partial charge is 0.459 e. The summed E-state index contributed by atoms with van der Waals surface area (Å²) in [6, 6.07) is 14.8. The minimum atomic E-state index is -0.566. The molecule has 1 aliphatic rings. The van der Waals surface area contributed by atoms with Crippen molar-refractivity contribution in [3.8, 4) is 11.5 Å². The molecule has 3 rings (SSSR count). The molecule has 0 saturated carbocycles. The molecule has 0 bridgehead atoms. The lowest BCUT2D eigenvalue weighted by Crippen LogP contribution is -2.35. The third kappa shape index (κ3) is 4.18. The quantitative estimate of drug-likeness (QED) is 0.796. The lowest BCUT2D eigenvalue weighted by Gasteiger charge is -2.22. The van der Waals surface area contributed by atoms with Gasteiger partial charge >= 0.3 is 5.97 Å². The van der Waals surface area contributed by atoms with Crippen molar-refractivity contribution in [1.82, 2.24) is 4.90 Å². The molecule has 1 aliphatic heterocycles. The lowest BCUT2D eigenvalue weighted by molar-refractivity contribution is -0.155. The Labute approximate surface area is 147 Å². The first-order valence-electron chi connectivity index (χ1n) is 8.19. The highest BCUT2D eigenvalue weighted by atomic mass is 16.6. The Balaban J connectivity index is 1.70. The van der Waals surface area contributed by atoms with Crippen LogP contribution in [0.4, 0.5) is 0 Å². The number of hydrogen-bond donors (Lipinski definition) is 0. The number of esters is 1. The number of benzene rings is 2. The van der Waals surface area contributed by atoms with Gasteiger partial charge in [-0.05, 0) is 50.6 Å². The molecule has 0 unspecified atom stereocenters. The molecular formula is C20H21NO4. The summed E-state index contributed by atoms with van der Waals surface area (Å²) in [5.74, 6) is 0.713. The molecule has 0 radical (unpaired) electrons. The zero-order valence-electron chi connectivity index (χ0n) is 14.6. The predicted molar refractivity (Wildman–Crippen MR) is 93.5 cm³/mol. The minimum absolute atomic E-state index is 0.0559. The van der Waals surface area contributed by atoms with E-state index in [1.165, 1.54) is 4.90 Å². The van der Waals surface area contributed by atoms with Crippen LogP contribution in [0.1, 0.15) is 36.7 Å². The van der Waals surface area contributed by atoms with Crippen LogP contribution in [0.2, 0.25) is 0 Å². The number of nitrogens with zero attached hydrogens (tertiary/aromatic N) is 1. The molecule has 2 aromatic rings. The first kappa shape index (κ1) is 17.0. The second-order valence-electron chi connectivity index (χ2n) is 6.98. The zero-order valence-corrected chi connectivity index (χ0v) is 14.6. The van der Waals surface area contributed by atoms with Crippen molar-refractivity contribution in [2.45, 2.75) is 32.9 Å². The number of ether oxygens (including phenoxy) is 2. The Kier molecular flexibility index (Phi) is 4.49. The summed E-state index contributed by atoms with van der Waals surface area (Å²) >= 11 is 0. The van der Waals surface area contributed by atoms with Gasteiger partial charge in [0.25, 0.3) is 5.91 Å². The Morgan fingerprint density at radius 1 is 1.08 bits per heavy atom. The molecule has 1 heterocycles. The van der Waals surface area contributed by atoms with E-state index in [9.17, 15) is 9.59 Å². The van der Waals surface area contributed by atoms with Crippen LogP contribution in [0, 0.1) is 0 Å². The number of para-hydroxylation sites is 1. The first-order valence-corrected chi connectivity index (χ1v) is 8.19. The number of carbonyl (C=O) groups is 2. The number of rotatable bonds is 4. The second-order valence-corrected chi connectivity index (χ2v) is 6.98. The van der Waals surface area contributed by atoms with Gasteiger partial charge in [0.15, 0.2) is 0 Å². The topological polar surface area (TPSA) is 55.8 Å². The van der Waals surface area contributed by atoms with E-state index in [-0.39, 0.29) is 12.5 Å². The fourth-order valence-electron chi connectivity index (χ4n) is 2.69. The second kappa shape index (κ2) is 6.59. The summed E-state index contributed by atoms with van der Waals surface area (Å²) in [6.45, 7) is 5.76. The summed E-state index contributed by atoms with van der Waals surface area (Å²) in [4.78, 5) is 26.0. The number of carbonyl (C=O) groups excluding carboxylic acids is 2. The van der Waals surface area contributed by atoms with Gasteiger partial charge in [0.05, 0.1) is 0 Å². The van der Waals surface area contributed by atoms with Crippen molar-refractivity contribution in [2.75, 3.05) is 6.54 Å². The highest BCUT2D eigenvalue weighted by Gasteiger charge is 2.30. The molecule has 0 atom stereocenters. The number of fused-ring (bicyclic) bond motifs is 1. The molecule has 0 aromatic heterocycles. The molecule has 0 fully saturated rings. The van der Waals surface area contributed by atoms with E-state index in [1.807, 2.05) is 42.5 Å². The first-order chi connectivity index (χ1) is 11.8. The number of amides is 1. The average Bonchev–Trinajstić information content (AvgIpc) is 2.83. The van der Waals surface area contributed by atoms with Crippen molar-refractivity contribution in [1.29, 1.82) is 0 Å². The maximum absolute atomic E-state index is 12.6. The minimum Gasteiger partial charge on any atom is -0.459 e. The van der Waals surface area contributed by atoms with Crippen LogP contribution in [-0.2, 0) is 16.1 Å². The maximum Gasteiger partial charge on any atom is 0.326 e. The molecular weight excluding hydrogens is 318 g/mol. The van der Waals surface area contributed by atoms with E-state index in [0.29, 0.717) is 23.6 Å². The standard InChI is InChI=1S/C20H21NO4/c1-20(2,3)25-18(22)13-21-12-14-9-10-16(11-17(14)19(21)23)24-15-7-5-4-6-8-15/h4-11H,12-13H2,1-3H3. The van der Waals surface area contributed by atoms with Gasteiger partial charge in [-0.25, -0.2) is 0 Å². The van der Waals surface area contributed by atoms with Crippen molar-refractivity contribution in [3.63, 3.8) is 0 Å². The molecule has 1 amide bonds. The molecule has 25 heavy (non-hydrogen) atoms. The lowest BCUT2D eigenvalue weighted by atomic mass is 10.1. The van der Waals surface area contributed by atoms with Gasteiger partial charge in [0, 0.05) is 12.1 Å². The smallest absolute Gasteiger partial charge is 0.326 e. The van der Waals surface area contributed by atoms with Gasteiger partial charge < -0.3 is 14.4 Å². The zero-order chi connectivity index (χ0) is 18.0. The Morgan fingerprint density at radius 3 is 2.48 bits per heavy atom. The summed E-state index contributed by atoms with van der Waals surface area (Å²) in [6.07, 6.45) is 0. The Hall–Kier alpha value is -2.82. The van der Waals surface area contributed by atoms with E-state index in [0.717, 1.165) is 5.56 Å². The normalized spacial score (nSPS) is 13.6. The van der Waals surface area contributed by atoms with Crippen molar-refractivity contribution in [3.05, 3.63) is 59.7 Å². The van der Waals surface area contributed by atoms with Crippen LogP contribution in [0.5, 0.6) is 11.5 Å². The van der Waals surface area contributed by atoms with Gasteiger partial charge in [-0.1, -0.05) is 24.3 Å². The Bertz CT molecular complexity index is 793. The van der Waals surface area contributed by atoms with Crippen LogP contribution in [0.15, 0.2) is 48.5 Å². The van der Waals surface area contributed by atoms with Crippen LogP contribution in [0.3, 0.4) is 0 Å². The fourth-order valence-corrected chi connectivity index (χ4v) is 2.69. The molecule has 0 N–H and O–H groups in total. The fraction of sp³-hybridized carbons (Fsp3) is 0.300. The maximum atomic E-state index is 12.6. The molecule has 2 aromatic carbocycles. The van der Waals surface area contributed by atoms with E-state index in [1.54, 1.807) is 26.8 Å². The molecule has 130 valence electrons. The van der Waals surface area contributed by atoms with E-state index in [4.69, 9.17) is 9.47 Å². The van der Waals surface area contributed by atoms with Gasteiger partial charge in [-0.15, -0.1) is 0 Å². The molecule has 5 nitrogen and oxygen atoms in total. The van der Waals surface area contributed by atoms with Gasteiger partial charge in [0.1, 0.15) is 23.6 Å². The van der Waals surface area contributed by atoms with Gasteiger partial charge in [-0.3, -0.25) is 9.59 Å². The monoisotopic (exact) mass is 339 g/mol.